The average Bonchev–Trinajstić information content (AvgIpc) is 3.01. The number of rotatable bonds is 10. The third kappa shape index (κ3) is 10.3. The lowest BCUT2D eigenvalue weighted by atomic mass is 10.0. The summed E-state index contributed by atoms with van der Waals surface area (Å²) in [6.45, 7) is 6.12. The lowest BCUT2D eigenvalue weighted by Crippen LogP contribution is -2.65. The van der Waals surface area contributed by atoms with Crippen molar-refractivity contribution >= 4 is 51.4 Å². The first-order valence-electron chi connectivity index (χ1n) is 14.8. The normalized spacial score (nSPS) is 17.8. The van der Waals surface area contributed by atoms with Crippen LogP contribution in [0.2, 0.25) is 0 Å². The molecule has 0 unspecified atom stereocenters. The van der Waals surface area contributed by atoms with E-state index in [4.69, 9.17) is 18.9 Å². The molecule has 4 rings (SSSR count). The van der Waals surface area contributed by atoms with Gasteiger partial charge >= 0.3 is 18.2 Å². The van der Waals surface area contributed by atoms with E-state index in [9.17, 15) is 29.3 Å². The Morgan fingerprint density at radius 1 is 0.848 bits per heavy atom. The van der Waals surface area contributed by atoms with Crippen LogP contribution in [0.3, 0.4) is 0 Å². The fraction of sp³-hybridized carbons (Fsp3) is 0.484. The number of piperazine rings is 1. The molecular weight excluding hydrogens is 638 g/mol. The first kappa shape index (κ1) is 34.9. The van der Waals surface area contributed by atoms with Crippen molar-refractivity contribution in [2.24, 2.45) is 0 Å². The van der Waals surface area contributed by atoms with Gasteiger partial charge in [-0.15, -0.1) is 0 Å². The Bertz CT molecular complexity index is 1400. The summed E-state index contributed by atoms with van der Waals surface area (Å²) >= 11 is 0. The monoisotopic (exact) mass is 675 g/mol. The molecule has 0 N–H and O–H groups in total. The van der Waals surface area contributed by atoms with Gasteiger partial charge in [-0.2, -0.15) is 0 Å². The summed E-state index contributed by atoms with van der Waals surface area (Å²) in [5.74, 6) is 1.55. The van der Waals surface area contributed by atoms with Gasteiger partial charge in [-0.3, -0.25) is 19.7 Å². The molecule has 0 radical (unpaired) electrons. The molecule has 2 heterocycles. The minimum absolute atomic E-state index is 0.0224. The minimum atomic E-state index is -0.971. The third-order valence-corrected chi connectivity index (χ3v) is 9.56. The molecule has 2 aromatic rings. The highest BCUT2D eigenvalue weighted by molar-refractivity contribution is 8.76. The Morgan fingerprint density at radius 2 is 1.41 bits per heavy atom. The number of nitrogens with zero attached hydrogens (tertiary/aromatic N) is 3. The second kappa shape index (κ2) is 16.0. The van der Waals surface area contributed by atoms with E-state index in [2.05, 4.69) is 0 Å². The summed E-state index contributed by atoms with van der Waals surface area (Å²) in [7, 11) is 3.34. The van der Waals surface area contributed by atoms with Crippen molar-refractivity contribution in [3.63, 3.8) is 0 Å². The smallest absolute Gasteiger partial charge is 0.460 e. The molecular formula is C31H37N3O10S2. The molecule has 46 heavy (non-hydrogen) atoms. The van der Waals surface area contributed by atoms with Crippen LogP contribution in [0.1, 0.15) is 52.0 Å². The number of nitro groups is 1. The molecule has 2 fully saturated rings. The zero-order valence-corrected chi connectivity index (χ0v) is 27.5. The van der Waals surface area contributed by atoms with Crippen LogP contribution in [0.5, 0.6) is 11.5 Å². The molecule has 15 heteroatoms. The lowest BCUT2D eigenvalue weighted by Gasteiger charge is -2.48. The molecule has 2 aliphatic rings. The molecule has 13 nitrogen and oxygen atoms in total. The number of amides is 2. The van der Waals surface area contributed by atoms with Gasteiger partial charge in [0.25, 0.3) is 5.69 Å². The van der Waals surface area contributed by atoms with Crippen molar-refractivity contribution in [1.82, 2.24) is 9.80 Å². The number of nitro benzene ring substituents is 1. The summed E-state index contributed by atoms with van der Waals surface area (Å²) in [6, 6.07) is 11.2. The Hall–Kier alpha value is -3.98. The number of fused-ring (bicyclic) bond motifs is 1. The van der Waals surface area contributed by atoms with Gasteiger partial charge in [0.1, 0.15) is 23.7 Å². The van der Waals surface area contributed by atoms with E-state index >= 15 is 0 Å². The van der Waals surface area contributed by atoms with Crippen LogP contribution in [0.4, 0.5) is 15.3 Å². The number of non-ortho nitro benzene ring substituents is 1. The van der Waals surface area contributed by atoms with Crippen molar-refractivity contribution in [2.45, 2.75) is 70.7 Å². The lowest BCUT2D eigenvalue weighted by molar-refractivity contribution is -0.384. The summed E-state index contributed by atoms with van der Waals surface area (Å²) in [5.41, 5.74) is -0.0357. The maximum atomic E-state index is 13.2. The standard InChI is InChI=1S/C31H37N3O10S2/c1-31(2,3)44-28(36)7-5-4-6-27(35)32-16-17-33(26-20-46-45-19-25(26)32)29(37)42-23-12-8-21(9-13-23)18-41-30(38)43-24-14-10-22(11-15-24)34(39)40/h8-15,25-26H,4-7,16-20H2,1-3H3/t25-,26-/m1/s1. The molecule has 2 saturated heterocycles. The van der Waals surface area contributed by atoms with Gasteiger partial charge in [0, 0.05) is 49.6 Å². The Morgan fingerprint density at radius 3 is 2.04 bits per heavy atom. The van der Waals surface area contributed by atoms with Crippen LogP contribution in [0, 0.1) is 10.1 Å². The van der Waals surface area contributed by atoms with E-state index in [-0.39, 0.29) is 48.4 Å². The van der Waals surface area contributed by atoms with E-state index in [0.29, 0.717) is 55.2 Å². The summed E-state index contributed by atoms with van der Waals surface area (Å²) in [6.07, 6.45) is 0.292. The maximum Gasteiger partial charge on any atom is 0.514 e. The van der Waals surface area contributed by atoms with E-state index in [0.717, 1.165) is 0 Å². The molecule has 0 spiro atoms. The van der Waals surface area contributed by atoms with Crippen LogP contribution in [-0.4, -0.2) is 81.1 Å². The number of unbranched alkanes of at least 4 members (excludes halogenated alkanes) is 1. The zero-order chi connectivity index (χ0) is 33.3. The first-order chi connectivity index (χ1) is 21.9. The maximum absolute atomic E-state index is 13.2. The number of ether oxygens (including phenoxy) is 4. The molecule has 2 atom stereocenters. The zero-order valence-electron chi connectivity index (χ0n) is 25.9. The van der Waals surface area contributed by atoms with Crippen LogP contribution in [0.15, 0.2) is 48.5 Å². The van der Waals surface area contributed by atoms with Gasteiger partial charge in [-0.25, -0.2) is 9.59 Å². The van der Waals surface area contributed by atoms with Gasteiger partial charge in [0.05, 0.1) is 17.0 Å². The first-order valence-corrected chi connectivity index (χ1v) is 17.3. The fourth-order valence-electron chi connectivity index (χ4n) is 4.94. The highest BCUT2D eigenvalue weighted by Crippen LogP contribution is 2.37. The molecule has 2 aromatic carbocycles. The highest BCUT2D eigenvalue weighted by atomic mass is 33.1. The van der Waals surface area contributed by atoms with Gasteiger partial charge in [0.15, 0.2) is 0 Å². The van der Waals surface area contributed by atoms with Crippen LogP contribution >= 0.6 is 21.6 Å². The van der Waals surface area contributed by atoms with Gasteiger partial charge in [-0.1, -0.05) is 33.7 Å². The average molecular weight is 676 g/mol. The number of hydrogen-bond donors (Lipinski definition) is 0. The molecule has 0 bridgehead atoms. The molecule has 0 aliphatic carbocycles. The van der Waals surface area contributed by atoms with Crippen LogP contribution in [0.25, 0.3) is 0 Å². The van der Waals surface area contributed by atoms with Gasteiger partial charge in [0.2, 0.25) is 5.91 Å². The largest absolute Gasteiger partial charge is 0.514 e. The van der Waals surface area contributed by atoms with E-state index < -0.39 is 22.8 Å². The van der Waals surface area contributed by atoms with E-state index in [1.165, 1.54) is 24.3 Å². The molecule has 0 saturated carbocycles. The Kier molecular flexibility index (Phi) is 12.2. The second-order valence-corrected chi connectivity index (χ2v) is 14.2. The summed E-state index contributed by atoms with van der Waals surface area (Å²) in [4.78, 5) is 64.1. The van der Waals surface area contributed by atoms with E-state index in [1.54, 1.807) is 50.8 Å². The predicted molar refractivity (Wildman–Crippen MR) is 172 cm³/mol. The number of carbonyl (C=O) groups is 4. The third-order valence-electron chi connectivity index (χ3n) is 7.12. The van der Waals surface area contributed by atoms with Crippen LogP contribution in [-0.2, 0) is 25.7 Å². The molecule has 0 aromatic heterocycles. The van der Waals surface area contributed by atoms with Crippen molar-refractivity contribution in [2.75, 3.05) is 24.6 Å². The number of carbonyl (C=O) groups excluding carboxylic acids is 4. The van der Waals surface area contributed by atoms with Crippen LogP contribution < -0.4 is 9.47 Å². The molecule has 2 aliphatic heterocycles. The van der Waals surface area contributed by atoms with Crippen molar-refractivity contribution in [1.29, 1.82) is 0 Å². The fourth-order valence-corrected chi connectivity index (χ4v) is 7.62. The predicted octanol–water partition coefficient (Wildman–Crippen LogP) is 5.99. The molecule has 248 valence electrons. The highest BCUT2D eigenvalue weighted by Gasteiger charge is 2.43. The van der Waals surface area contributed by atoms with E-state index in [1.807, 2.05) is 25.7 Å². The summed E-state index contributed by atoms with van der Waals surface area (Å²) < 4.78 is 21.1. The quantitative estimate of drug-likeness (QED) is 0.0726. The SMILES string of the molecule is CC(C)(C)OC(=O)CCCCC(=O)N1CCN(C(=O)Oc2ccc(COC(=O)Oc3ccc([N+](=O)[O-])cc3)cc2)[C@@H]2CSSC[C@H]21. The second-order valence-electron chi connectivity index (χ2n) is 11.7. The van der Waals surface area contributed by atoms with Crippen molar-refractivity contribution in [3.05, 3.63) is 64.2 Å². The van der Waals surface area contributed by atoms with Crippen molar-refractivity contribution < 1.29 is 43.0 Å². The van der Waals surface area contributed by atoms with Crippen molar-refractivity contribution in [3.8, 4) is 11.5 Å². The van der Waals surface area contributed by atoms with Gasteiger partial charge < -0.3 is 28.7 Å². The van der Waals surface area contributed by atoms with Gasteiger partial charge in [-0.05, 0) is 63.4 Å². The Labute approximate surface area is 274 Å². The summed E-state index contributed by atoms with van der Waals surface area (Å²) in [5, 5.41) is 10.7. The number of benzene rings is 2. The minimum Gasteiger partial charge on any atom is -0.460 e. The topological polar surface area (TPSA) is 155 Å². The Balaban J connectivity index is 1.23. The number of hydrogen-bond acceptors (Lipinski definition) is 12. The number of esters is 1. The molecule has 2 amide bonds.